The summed E-state index contributed by atoms with van der Waals surface area (Å²) in [6.07, 6.45) is 7.33. The third-order valence-electron chi connectivity index (χ3n) is 3.36. The van der Waals surface area contributed by atoms with Gasteiger partial charge in [-0.05, 0) is 44.8 Å². The summed E-state index contributed by atoms with van der Waals surface area (Å²) in [5, 5.41) is 8.02. The van der Waals surface area contributed by atoms with Gasteiger partial charge in [0.05, 0.1) is 5.69 Å². The lowest BCUT2D eigenvalue weighted by Gasteiger charge is -2.06. The molecule has 0 saturated heterocycles. The van der Waals surface area contributed by atoms with E-state index in [1.54, 1.807) is 0 Å². The van der Waals surface area contributed by atoms with E-state index in [1.165, 1.54) is 43.6 Å². The van der Waals surface area contributed by atoms with Crippen LogP contribution in [0.15, 0.2) is 6.07 Å². The number of aromatic nitrogens is 2. The second-order valence-corrected chi connectivity index (χ2v) is 4.83. The van der Waals surface area contributed by atoms with Crippen molar-refractivity contribution in [1.82, 2.24) is 15.1 Å². The van der Waals surface area contributed by atoms with Crippen molar-refractivity contribution in [1.29, 1.82) is 0 Å². The molecule has 0 saturated carbocycles. The largest absolute Gasteiger partial charge is 0.317 e. The van der Waals surface area contributed by atoms with Gasteiger partial charge < -0.3 is 5.32 Å². The Labute approximate surface area is 112 Å². The number of hydrogen-bond donors (Lipinski definition) is 1. The summed E-state index contributed by atoms with van der Waals surface area (Å²) in [7, 11) is 0. The van der Waals surface area contributed by atoms with Crippen molar-refractivity contribution in [3.8, 4) is 0 Å². The van der Waals surface area contributed by atoms with Crippen molar-refractivity contribution in [3.63, 3.8) is 0 Å². The molecule has 0 radical (unpaired) electrons. The average molecular weight is 251 g/mol. The Bertz CT molecular complexity index is 318. The zero-order valence-corrected chi connectivity index (χ0v) is 12.3. The zero-order valence-electron chi connectivity index (χ0n) is 12.3. The first kappa shape index (κ1) is 15.2. The lowest BCUT2D eigenvalue weighted by molar-refractivity contribution is 0.512. The maximum atomic E-state index is 4.65. The first-order valence-corrected chi connectivity index (χ1v) is 7.58. The molecule has 1 N–H and O–H groups in total. The molecule has 1 heterocycles. The Hall–Kier alpha value is -0.830. The van der Waals surface area contributed by atoms with Crippen molar-refractivity contribution < 1.29 is 0 Å². The second-order valence-electron chi connectivity index (χ2n) is 4.83. The Balaban J connectivity index is 2.20. The van der Waals surface area contributed by atoms with Crippen molar-refractivity contribution in [2.45, 2.75) is 65.8 Å². The van der Waals surface area contributed by atoms with Crippen LogP contribution in [0.25, 0.3) is 0 Å². The van der Waals surface area contributed by atoms with E-state index in [9.17, 15) is 0 Å². The Morgan fingerprint density at radius 2 is 1.83 bits per heavy atom. The molecule has 18 heavy (non-hydrogen) atoms. The lowest BCUT2D eigenvalue weighted by Crippen LogP contribution is -2.13. The van der Waals surface area contributed by atoms with Gasteiger partial charge in [0.25, 0.3) is 0 Å². The summed E-state index contributed by atoms with van der Waals surface area (Å²) in [6.45, 7) is 9.89. The fourth-order valence-electron chi connectivity index (χ4n) is 2.21. The highest BCUT2D eigenvalue weighted by molar-refractivity contribution is 5.10. The average Bonchev–Trinajstić information content (AvgIpc) is 2.80. The van der Waals surface area contributed by atoms with Crippen molar-refractivity contribution in [2.75, 3.05) is 13.1 Å². The second kappa shape index (κ2) is 9.15. The van der Waals surface area contributed by atoms with E-state index < -0.39 is 0 Å². The molecule has 0 aliphatic heterocycles. The van der Waals surface area contributed by atoms with Crippen LogP contribution in [0.2, 0.25) is 0 Å². The van der Waals surface area contributed by atoms with E-state index in [1.807, 2.05) is 0 Å². The molecule has 1 aromatic heterocycles. The predicted molar refractivity (Wildman–Crippen MR) is 78.0 cm³/mol. The zero-order chi connectivity index (χ0) is 13.2. The Morgan fingerprint density at radius 3 is 2.50 bits per heavy atom. The quantitative estimate of drug-likeness (QED) is 0.647. The van der Waals surface area contributed by atoms with E-state index >= 15 is 0 Å². The van der Waals surface area contributed by atoms with Crippen LogP contribution >= 0.6 is 0 Å². The summed E-state index contributed by atoms with van der Waals surface area (Å²) < 4.78 is 2.21. The summed E-state index contributed by atoms with van der Waals surface area (Å²) in [6, 6.07) is 2.26. The number of rotatable bonds is 10. The SMILES string of the molecule is CCNCCCCCCn1nc(CC)cc1CC. The van der Waals surface area contributed by atoms with Gasteiger partial charge >= 0.3 is 0 Å². The highest BCUT2D eigenvalue weighted by Gasteiger charge is 2.04. The first-order chi connectivity index (χ1) is 8.81. The fraction of sp³-hybridized carbons (Fsp3) is 0.800. The molecule has 0 amide bonds. The van der Waals surface area contributed by atoms with Crippen molar-refractivity contribution in [2.24, 2.45) is 0 Å². The van der Waals surface area contributed by atoms with Gasteiger partial charge in [0.1, 0.15) is 0 Å². The van der Waals surface area contributed by atoms with Crippen molar-refractivity contribution >= 4 is 0 Å². The van der Waals surface area contributed by atoms with Gasteiger partial charge in [-0.2, -0.15) is 5.10 Å². The van der Waals surface area contributed by atoms with Gasteiger partial charge in [0, 0.05) is 12.2 Å². The minimum Gasteiger partial charge on any atom is -0.317 e. The molecule has 0 fully saturated rings. The van der Waals surface area contributed by atoms with Crippen LogP contribution in [0.4, 0.5) is 0 Å². The Kier molecular flexibility index (Phi) is 7.74. The molecule has 0 atom stereocenters. The molecule has 1 aromatic rings. The molecule has 0 spiro atoms. The van der Waals surface area contributed by atoms with Crippen LogP contribution in [0.3, 0.4) is 0 Å². The summed E-state index contributed by atoms with van der Waals surface area (Å²) in [5.74, 6) is 0. The maximum Gasteiger partial charge on any atom is 0.0624 e. The van der Waals surface area contributed by atoms with E-state index in [4.69, 9.17) is 0 Å². The van der Waals surface area contributed by atoms with Crippen LogP contribution in [0.5, 0.6) is 0 Å². The number of hydrogen-bond acceptors (Lipinski definition) is 2. The van der Waals surface area contributed by atoms with Crippen LogP contribution in [-0.2, 0) is 19.4 Å². The standard InChI is InChI=1S/C15H29N3/c1-4-14-13-15(5-2)18(17-14)12-10-8-7-9-11-16-6-3/h13,16H,4-12H2,1-3H3. The molecule has 1 rings (SSSR count). The third-order valence-corrected chi connectivity index (χ3v) is 3.36. The van der Waals surface area contributed by atoms with Gasteiger partial charge in [-0.15, -0.1) is 0 Å². The normalized spacial score (nSPS) is 11.1. The molecule has 3 nitrogen and oxygen atoms in total. The minimum absolute atomic E-state index is 1.04. The van der Waals surface area contributed by atoms with Gasteiger partial charge in [0.2, 0.25) is 0 Å². The molecular formula is C15H29N3. The first-order valence-electron chi connectivity index (χ1n) is 7.58. The number of unbranched alkanes of at least 4 members (excludes halogenated alkanes) is 3. The highest BCUT2D eigenvalue weighted by Crippen LogP contribution is 2.09. The minimum atomic E-state index is 1.04. The van der Waals surface area contributed by atoms with Crippen LogP contribution < -0.4 is 5.32 Å². The topological polar surface area (TPSA) is 29.9 Å². The highest BCUT2D eigenvalue weighted by atomic mass is 15.3. The van der Waals surface area contributed by atoms with E-state index in [0.717, 1.165) is 25.9 Å². The van der Waals surface area contributed by atoms with Crippen LogP contribution in [-0.4, -0.2) is 22.9 Å². The van der Waals surface area contributed by atoms with Crippen LogP contribution in [0.1, 0.15) is 57.8 Å². The van der Waals surface area contributed by atoms with Crippen LogP contribution in [0, 0.1) is 0 Å². The molecule has 104 valence electrons. The van der Waals surface area contributed by atoms with Gasteiger partial charge in [-0.25, -0.2) is 0 Å². The number of aryl methyl sites for hydroxylation is 3. The Morgan fingerprint density at radius 1 is 1.06 bits per heavy atom. The molecule has 3 heteroatoms. The number of nitrogens with one attached hydrogen (secondary N) is 1. The summed E-state index contributed by atoms with van der Waals surface area (Å²) in [4.78, 5) is 0. The summed E-state index contributed by atoms with van der Waals surface area (Å²) >= 11 is 0. The van der Waals surface area contributed by atoms with E-state index in [-0.39, 0.29) is 0 Å². The van der Waals surface area contributed by atoms with E-state index in [2.05, 4.69) is 41.9 Å². The van der Waals surface area contributed by atoms with Crippen molar-refractivity contribution in [3.05, 3.63) is 17.5 Å². The maximum absolute atomic E-state index is 4.65. The summed E-state index contributed by atoms with van der Waals surface area (Å²) in [5.41, 5.74) is 2.62. The third kappa shape index (κ3) is 5.21. The number of nitrogens with zero attached hydrogens (tertiary/aromatic N) is 2. The lowest BCUT2D eigenvalue weighted by atomic mass is 10.2. The fourth-order valence-corrected chi connectivity index (χ4v) is 2.21. The molecule has 0 aliphatic rings. The molecule has 0 bridgehead atoms. The monoisotopic (exact) mass is 251 g/mol. The molecule has 0 aromatic carbocycles. The van der Waals surface area contributed by atoms with Gasteiger partial charge in [0.15, 0.2) is 0 Å². The van der Waals surface area contributed by atoms with E-state index in [0.29, 0.717) is 0 Å². The molecule has 0 aliphatic carbocycles. The van der Waals surface area contributed by atoms with Gasteiger partial charge in [-0.3, -0.25) is 4.68 Å². The molecule has 0 unspecified atom stereocenters. The molecular weight excluding hydrogens is 222 g/mol. The van der Waals surface area contributed by atoms with Gasteiger partial charge in [-0.1, -0.05) is 33.6 Å². The predicted octanol–water partition coefficient (Wildman–Crippen LogP) is 3.18. The smallest absolute Gasteiger partial charge is 0.0624 e.